The van der Waals surface area contributed by atoms with Crippen molar-refractivity contribution in [3.63, 3.8) is 0 Å². The summed E-state index contributed by atoms with van der Waals surface area (Å²) in [4.78, 5) is 0. The molecule has 1 unspecified atom stereocenters. The maximum atomic E-state index is 11.6. The first-order chi connectivity index (χ1) is 6.58. The molecule has 7 heteroatoms. The normalized spacial score (nSPS) is 24.3. The SMILES string of the molecule is COCCNS(=O)(=O)N1CCCC1N. The third kappa shape index (κ3) is 2.89. The first-order valence-corrected chi connectivity index (χ1v) is 6.03. The van der Waals surface area contributed by atoms with Gasteiger partial charge in [0.2, 0.25) is 0 Å². The van der Waals surface area contributed by atoms with Crippen LogP contribution in [0.25, 0.3) is 0 Å². The van der Waals surface area contributed by atoms with E-state index in [0.29, 0.717) is 13.2 Å². The van der Waals surface area contributed by atoms with Gasteiger partial charge in [-0.3, -0.25) is 0 Å². The molecule has 0 radical (unpaired) electrons. The molecule has 84 valence electrons. The van der Waals surface area contributed by atoms with Crippen LogP contribution in [0.15, 0.2) is 0 Å². The Morgan fingerprint density at radius 3 is 2.86 bits per heavy atom. The van der Waals surface area contributed by atoms with Crippen LogP contribution < -0.4 is 10.5 Å². The van der Waals surface area contributed by atoms with Crippen LogP contribution in [0.1, 0.15) is 12.8 Å². The molecule has 0 amide bonds. The van der Waals surface area contributed by atoms with Crippen LogP contribution >= 0.6 is 0 Å². The molecular formula is C7H17N3O3S. The van der Waals surface area contributed by atoms with E-state index < -0.39 is 10.2 Å². The average Bonchev–Trinajstić information content (AvgIpc) is 2.52. The summed E-state index contributed by atoms with van der Waals surface area (Å²) < 4.78 is 31.7. The molecule has 1 saturated heterocycles. The number of rotatable bonds is 5. The van der Waals surface area contributed by atoms with Gasteiger partial charge in [0.15, 0.2) is 0 Å². The van der Waals surface area contributed by atoms with Crippen LogP contribution in [0.2, 0.25) is 0 Å². The molecule has 1 fully saturated rings. The molecule has 0 aromatic rings. The van der Waals surface area contributed by atoms with Gasteiger partial charge in [0.1, 0.15) is 0 Å². The first-order valence-electron chi connectivity index (χ1n) is 4.59. The predicted molar refractivity (Wildman–Crippen MR) is 52.7 cm³/mol. The van der Waals surface area contributed by atoms with Crippen LogP contribution in [0.3, 0.4) is 0 Å². The lowest BCUT2D eigenvalue weighted by atomic mass is 10.3. The molecule has 3 N–H and O–H groups in total. The van der Waals surface area contributed by atoms with Crippen molar-refractivity contribution in [3.8, 4) is 0 Å². The molecule has 1 aliphatic rings. The van der Waals surface area contributed by atoms with Crippen molar-refractivity contribution < 1.29 is 13.2 Å². The topological polar surface area (TPSA) is 84.7 Å². The highest BCUT2D eigenvalue weighted by molar-refractivity contribution is 7.87. The van der Waals surface area contributed by atoms with Crippen LogP contribution in [0.5, 0.6) is 0 Å². The second-order valence-corrected chi connectivity index (χ2v) is 4.92. The average molecular weight is 223 g/mol. The second-order valence-electron chi connectivity index (χ2n) is 3.21. The number of methoxy groups -OCH3 is 1. The second kappa shape index (κ2) is 5.04. The lowest BCUT2D eigenvalue weighted by Crippen LogP contribution is -2.47. The Bertz CT molecular complexity index is 267. The minimum absolute atomic E-state index is 0.280. The Morgan fingerprint density at radius 1 is 1.64 bits per heavy atom. The van der Waals surface area contributed by atoms with Crippen LogP contribution in [-0.4, -0.2) is 45.7 Å². The van der Waals surface area contributed by atoms with E-state index in [1.807, 2.05) is 0 Å². The molecule has 1 heterocycles. The van der Waals surface area contributed by atoms with Crippen molar-refractivity contribution in [1.82, 2.24) is 9.03 Å². The molecule has 6 nitrogen and oxygen atoms in total. The van der Waals surface area contributed by atoms with Gasteiger partial charge in [-0.05, 0) is 12.8 Å². The standard InChI is InChI=1S/C7H17N3O3S/c1-13-6-4-9-14(11,12)10-5-2-3-7(10)8/h7,9H,2-6,8H2,1H3. The van der Waals surface area contributed by atoms with Gasteiger partial charge in [0.05, 0.1) is 12.8 Å². The molecule has 0 bridgehead atoms. The quantitative estimate of drug-likeness (QED) is 0.576. The fraction of sp³-hybridized carbons (Fsp3) is 1.00. The molecule has 1 atom stereocenters. The highest BCUT2D eigenvalue weighted by atomic mass is 32.2. The Kier molecular flexibility index (Phi) is 4.27. The smallest absolute Gasteiger partial charge is 0.280 e. The van der Waals surface area contributed by atoms with Crippen LogP contribution in [0, 0.1) is 0 Å². The van der Waals surface area contributed by atoms with Crippen molar-refractivity contribution in [2.75, 3.05) is 26.8 Å². The monoisotopic (exact) mass is 223 g/mol. The summed E-state index contributed by atoms with van der Waals surface area (Å²) >= 11 is 0. The van der Waals surface area contributed by atoms with Crippen LogP contribution in [-0.2, 0) is 14.9 Å². The molecule has 1 rings (SSSR count). The molecule has 0 spiro atoms. The van der Waals surface area contributed by atoms with Crippen LogP contribution in [0.4, 0.5) is 0 Å². The fourth-order valence-electron chi connectivity index (χ4n) is 1.42. The highest BCUT2D eigenvalue weighted by Gasteiger charge is 2.31. The number of nitrogens with one attached hydrogen (secondary N) is 1. The van der Waals surface area contributed by atoms with Crippen molar-refractivity contribution in [2.24, 2.45) is 5.73 Å². The molecule has 0 saturated carbocycles. The number of hydrogen-bond acceptors (Lipinski definition) is 4. The summed E-state index contributed by atoms with van der Waals surface area (Å²) in [5.74, 6) is 0. The van der Waals surface area contributed by atoms with Crippen molar-refractivity contribution in [3.05, 3.63) is 0 Å². The van der Waals surface area contributed by atoms with E-state index in [4.69, 9.17) is 10.5 Å². The van der Waals surface area contributed by atoms with E-state index in [-0.39, 0.29) is 12.7 Å². The molecular weight excluding hydrogens is 206 g/mol. The largest absolute Gasteiger partial charge is 0.383 e. The third-order valence-electron chi connectivity index (χ3n) is 2.15. The van der Waals surface area contributed by atoms with E-state index in [1.54, 1.807) is 0 Å². The summed E-state index contributed by atoms with van der Waals surface area (Å²) in [6.07, 6.45) is 1.17. The minimum atomic E-state index is -3.40. The Hall–Kier alpha value is -0.210. The van der Waals surface area contributed by atoms with E-state index >= 15 is 0 Å². The van der Waals surface area contributed by atoms with Gasteiger partial charge < -0.3 is 10.5 Å². The van der Waals surface area contributed by atoms with Crippen molar-refractivity contribution in [2.45, 2.75) is 19.0 Å². The number of hydrogen-bond donors (Lipinski definition) is 2. The van der Waals surface area contributed by atoms with E-state index in [1.165, 1.54) is 11.4 Å². The van der Waals surface area contributed by atoms with Gasteiger partial charge in [0.25, 0.3) is 10.2 Å². The number of ether oxygens (including phenoxy) is 1. The third-order valence-corrected chi connectivity index (χ3v) is 3.79. The fourth-order valence-corrected chi connectivity index (χ4v) is 2.76. The van der Waals surface area contributed by atoms with E-state index in [0.717, 1.165) is 12.8 Å². The summed E-state index contributed by atoms with van der Waals surface area (Å²) in [7, 11) is -1.88. The lowest BCUT2D eigenvalue weighted by molar-refractivity contribution is 0.203. The zero-order valence-electron chi connectivity index (χ0n) is 8.27. The maximum absolute atomic E-state index is 11.6. The minimum Gasteiger partial charge on any atom is -0.383 e. The Labute approximate surface area is 84.6 Å². The van der Waals surface area contributed by atoms with Gasteiger partial charge in [-0.25, -0.2) is 0 Å². The Balaban J connectivity index is 2.47. The maximum Gasteiger partial charge on any atom is 0.280 e. The molecule has 1 aliphatic heterocycles. The molecule has 14 heavy (non-hydrogen) atoms. The first kappa shape index (κ1) is 11.9. The van der Waals surface area contributed by atoms with E-state index in [2.05, 4.69) is 4.72 Å². The van der Waals surface area contributed by atoms with Crippen molar-refractivity contribution >= 4 is 10.2 Å². The zero-order valence-corrected chi connectivity index (χ0v) is 9.09. The highest BCUT2D eigenvalue weighted by Crippen LogP contribution is 2.15. The number of nitrogens with two attached hydrogens (primary N) is 1. The Morgan fingerprint density at radius 2 is 2.36 bits per heavy atom. The predicted octanol–water partition coefficient (Wildman–Crippen LogP) is -1.15. The van der Waals surface area contributed by atoms with Gasteiger partial charge in [0, 0.05) is 20.2 Å². The van der Waals surface area contributed by atoms with Gasteiger partial charge in [-0.1, -0.05) is 0 Å². The van der Waals surface area contributed by atoms with Crippen molar-refractivity contribution in [1.29, 1.82) is 0 Å². The number of nitrogens with zero attached hydrogens (tertiary/aromatic N) is 1. The summed E-state index contributed by atoms with van der Waals surface area (Å²) in [5, 5.41) is 0. The van der Waals surface area contributed by atoms with Gasteiger partial charge in [-0.15, -0.1) is 0 Å². The summed E-state index contributed by atoms with van der Waals surface area (Å²) in [6, 6.07) is 0. The molecule has 0 aromatic carbocycles. The van der Waals surface area contributed by atoms with Gasteiger partial charge in [-0.2, -0.15) is 17.4 Å². The van der Waals surface area contributed by atoms with Gasteiger partial charge >= 0.3 is 0 Å². The lowest BCUT2D eigenvalue weighted by Gasteiger charge is -2.20. The molecule has 0 aromatic heterocycles. The summed E-state index contributed by atoms with van der Waals surface area (Å²) in [6.45, 7) is 1.15. The van der Waals surface area contributed by atoms with E-state index in [9.17, 15) is 8.42 Å². The molecule has 0 aliphatic carbocycles. The zero-order chi connectivity index (χ0) is 10.6. The summed E-state index contributed by atoms with van der Waals surface area (Å²) in [5.41, 5.74) is 5.64.